The minimum atomic E-state index is -0.532. The second-order valence-corrected chi connectivity index (χ2v) is 6.36. The van der Waals surface area contributed by atoms with Crippen molar-refractivity contribution >= 4 is 46.2 Å². The highest BCUT2D eigenvalue weighted by atomic mass is 127. The van der Waals surface area contributed by atoms with Crippen molar-refractivity contribution in [3.8, 4) is 11.5 Å². The van der Waals surface area contributed by atoms with Gasteiger partial charge >= 0.3 is 0 Å². The first-order valence-corrected chi connectivity index (χ1v) is 8.28. The smallest absolute Gasteiger partial charge is 0.241 e. The molecule has 1 amide bonds. The van der Waals surface area contributed by atoms with Crippen molar-refractivity contribution in [2.75, 3.05) is 7.11 Å². The molecule has 0 fully saturated rings. The van der Waals surface area contributed by atoms with E-state index in [9.17, 15) is 9.18 Å². The van der Waals surface area contributed by atoms with Crippen molar-refractivity contribution in [2.24, 2.45) is 5.73 Å². The second-order valence-electron chi connectivity index (χ2n) is 4.79. The van der Waals surface area contributed by atoms with Gasteiger partial charge in [-0.15, -0.1) is 0 Å². The van der Waals surface area contributed by atoms with Crippen LogP contribution in [0.1, 0.15) is 11.1 Å². The molecule has 126 valence electrons. The van der Waals surface area contributed by atoms with E-state index in [4.69, 9.17) is 26.8 Å². The zero-order valence-corrected chi connectivity index (χ0v) is 15.6. The molecule has 0 saturated carbocycles. The van der Waals surface area contributed by atoms with E-state index in [-0.39, 0.29) is 6.61 Å². The number of rotatable bonds is 6. The van der Waals surface area contributed by atoms with Gasteiger partial charge in [-0.25, -0.2) is 4.39 Å². The Labute approximate surface area is 157 Å². The van der Waals surface area contributed by atoms with Crippen molar-refractivity contribution in [3.63, 3.8) is 0 Å². The normalized spacial score (nSPS) is 10.8. The maximum Gasteiger partial charge on any atom is 0.241 e. The first kappa shape index (κ1) is 18.5. The molecule has 0 unspecified atom stereocenters. The fraction of sp³-hybridized carbons (Fsp3) is 0.118. The fourth-order valence-electron chi connectivity index (χ4n) is 1.94. The molecule has 0 aliphatic heterocycles. The molecule has 24 heavy (non-hydrogen) atoms. The van der Waals surface area contributed by atoms with E-state index in [0.717, 1.165) is 9.13 Å². The molecule has 0 bridgehead atoms. The summed E-state index contributed by atoms with van der Waals surface area (Å²) in [5.74, 6) is 0.107. The molecule has 0 atom stereocenters. The molecule has 0 heterocycles. The van der Waals surface area contributed by atoms with Crippen LogP contribution in [0.3, 0.4) is 0 Å². The minimum absolute atomic E-state index is 0.169. The van der Waals surface area contributed by atoms with Crippen molar-refractivity contribution in [1.82, 2.24) is 0 Å². The summed E-state index contributed by atoms with van der Waals surface area (Å²) < 4.78 is 25.0. The number of halogens is 3. The third-order valence-corrected chi connectivity index (χ3v) is 4.23. The lowest BCUT2D eigenvalue weighted by Gasteiger charge is -2.14. The highest BCUT2D eigenvalue weighted by molar-refractivity contribution is 14.1. The van der Waals surface area contributed by atoms with Crippen molar-refractivity contribution < 1.29 is 18.7 Å². The molecule has 0 aliphatic carbocycles. The maximum atomic E-state index is 13.1. The Morgan fingerprint density at radius 2 is 2.12 bits per heavy atom. The Morgan fingerprint density at radius 3 is 2.75 bits per heavy atom. The highest BCUT2D eigenvalue weighted by Gasteiger charge is 2.12. The lowest BCUT2D eigenvalue weighted by atomic mass is 10.2. The number of nitrogens with two attached hydrogens (primary N) is 1. The van der Waals surface area contributed by atoms with Gasteiger partial charge in [-0.05, 0) is 58.5 Å². The van der Waals surface area contributed by atoms with E-state index in [1.54, 1.807) is 18.2 Å². The van der Waals surface area contributed by atoms with Gasteiger partial charge in [-0.2, -0.15) is 0 Å². The Hall–Kier alpha value is -1.80. The average molecular weight is 462 g/mol. The maximum absolute atomic E-state index is 13.1. The molecule has 0 spiro atoms. The molecule has 0 saturated heterocycles. The van der Waals surface area contributed by atoms with E-state index in [0.29, 0.717) is 22.1 Å². The number of amides is 1. The Morgan fingerprint density at radius 1 is 1.38 bits per heavy atom. The van der Waals surface area contributed by atoms with Crippen LogP contribution in [0.25, 0.3) is 6.08 Å². The Balaban J connectivity index is 2.24. The average Bonchev–Trinajstić information content (AvgIpc) is 2.52. The third kappa shape index (κ3) is 4.85. The number of carbonyl (C=O) groups excluding carboxylic acids is 1. The largest absolute Gasteiger partial charge is 0.493 e. The van der Waals surface area contributed by atoms with Gasteiger partial charge in [0, 0.05) is 11.6 Å². The summed E-state index contributed by atoms with van der Waals surface area (Å²) in [7, 11) is 1.52. The predicted octanol–water partition coefficient (Wildman–Crippen LogP) is 4.17. The van der Waals surface area contributed by atoms with Crippen LogP contribution < -0.4 is 15.2 Å². The standard InChI is InChI=1S/C17H14ClFINO3/c1-23-15-7-10(2-5-16(21)22)6-14(20)17(15)24-9-11-3-4-12(19)8-13(11)18/h2-8H,9H2,1H3,(H2,21,22). The van der Waals surface area contributed by atoms with E-state index in [2.05, 4.69) is 22.6 Å². The number of hydrogen-bond donors (Lipinski definition) is 1. The lowest BCUT2D eigenvalue weighted by molar-refractivity contribution is -0.113. The summed E-state index contributed by atoms with van der Waals surface area (Å²) in [6.45, 7) is 0.169. The minimum Gasteiger partial charge on any atom is -0.493 e. The molecule has 0 aromatic heterocycles. The molecular weight excluding hydrogens is 448 g/mol. The van der Waals surface area contributed by atoms with Crippen LogP contribution in [-0.2, 0) is 11.4 Å². The third-order valence-electron chi connectivity index (χ3n) is 3.08. The molecule has 0 radical (unpaired) electrons. The van der Waals surface area contributed by atoms with Gasteiger partial charge < -0.3 is 15.2 Å². The van der Waals surface area contributed by atoms with Gasteiger partial charge in [0.15, 0.2) is 11.5 Å². The SMILES string of the molecule is COc1cc(C=CC(N)=O)cc(I)c1OCc1ccc(F)cc1Cl. The van der Waals surface area contributed by atoms with Gasteiger partial charge in [0.1, 0.15) is 12.4 Å². The number of methoxy groups -OCH3 is 1. The van der Waals surface area contributed by atoms with Crippen LogP contribution >= 0.6 is 34.2 Å². The van der Waals surface area contributed by atoms with Crippen LogP contribution in [-0.4, -0.2) is 13.0 Å². The van der Waals surface area contributed by atoms with E-state index in [1.165, 1.54) is 25.3 Å². The molecule has 7 heteroatoms. The van der Waals surface area contributed by atoms with Crippen molar-refractivity contribution in [1.29, 1.82) is 0 Å². The molecule has 4 nitrogen and oxygen atoms in total. The zero-order valence-electron chi connectivity index (χ0n) is 12.7. The van der Waals surface area contributed by atoms with E-state index >= 15 is 0 Å². The quantitative estimate of drug-likeness (QED) is 0.519. The predicted molar refractivity (Wildman–Crippen MR) is 99.7 cm³/mol. The fourth-order valence-corrected chi connectivity index (χ4v) is 2.95. The number of carbonyl (C=O) groups is 1. The lowest BCUT2D eigenvalue weighted by Crippen LogP contribution is -2.05. The molecule has 2 rings (SSSR count). The summed E-state index contributed by atoms with van der Waals surface area (Å²) >= 11 is 8.10. The first-order chi connectivity index (χ1) is 11.4. The summed E-state index contributed by atoms with van der Waals surface area (Å²) in [6.07, 6.45) is 2.86. The Bertz CT molecular complexity index is 796. The van der Waals surface area contributed by atoms with E-state index < -0.39 is 11.7 Å². The number of ether oxygens (including phenoxy) is 2. The van der Waals surface area contributed by atoms with Gasteiger partial charge in [-0.1, -0.05) is 17.7 Å². The van der Waals surface area contributed by atoms with Crippen LogP contribution in [0.15, 0.2) is 36.4 Å². The molecule has 0 aliphatic rings. The summed E-state index contributed by atoms with van der Waals surface area (Å²) in [5, 5.41) is 0.296. The van der Waals surface area contributed by atoms with Gasteiger partial charge in [0.25, 0.3) is 0 Å². The zero-order chi connectivity index (χ0) is 17.7. The number of hydrogen-bond acceptors (Lipinski definition) is 3. The van der Waals surface area contributed by atoms with E-state index in [1.807, 2.05) is 6.07 Å². The number of benzene rings is 2. The number of primary amides is 1. The summed E-state index contributed by atoms with van der Waals surface area (Å²) in [4.78, 5) is 10.8. The van der Waals surface area contributed by atoms with Crippen LogP contribution in [0.5, 0.6) is 11.5 Å². The van der Waals surface area contributed by atoms with Crippen molar-refractivity contribution in [2.45, 2.75) is 6.61 Å². The monoisotopic (exact) mass is 461 g/mol. The van der Waals surface area contributed by atoms with Crippen molar-refractivity contribution in [3.05, 3.63) is 61.9 Å². The second kappa shape index (κ2) is 8.34. The van der Waals surface area contributed by atoms with Crippen LogP contribution in [0.4, 0.5) is 4.39 Å². The molecule has 2 aromatic carbocycles. The van der Waals surface area contributed by atoms with Crippen LogP contribution in [0.2, 0.25) is 5.02 Å². The van der Waals surface area contributed by atoms with Gasteiger partial charge in [-0.3, -0.25) is 4.79 Å². The van der Waals surface area contributed by atoms with Gasteiger partial charge in [0.05, 0.1) is 15.7 Å². The van der Waals surface area contributed by atoms with Crippen LogP contribution in [0, 0.1) is 9.39 Å². The highest BCUT2D eigenvalue weighted by Crippen LogP contribution is 2.35. The molecular formula is C17H14ClFINO3. The first-order valence-electron chi connectivity index (χ1n) is 6.82. The summed E-state index contributed by atoms with van der Waals surface area (Å²) in [5.41, 5.74) is 6.51. The molecule has 2 aromatic rings. The Kier molecular flexibility index (Phi) is 6.44. The molecule has 2 N–H and O–H groups in total. The van der Waals surface area contributed by atoms with Gasteiger partial charge in [0.2, 0.25) is 5.91 Å². The summed E-state index contributed by atoms with van der Waals surface area (Å²) in [6, 6.07) is 7.68. The topological polar surface area (TPSA) is 61.5 Å².